The molecule has 1 aliphatic heterocycles. The molecule has 4 heteroatoms. The van der Waals surface area contributed by atoms with E-state index in [1.807, 2.05) is 4.90 Å². The normalized spacial score (nSPS) is 32.4. The fourth-order valence-electron chi connectivity index (χ4n) is 3.97. The van der Waals surface area contributed by atoms with Gasteiger partial charge in [-0.2, -0.15) is 0 Å². The third-order valence-electron chi connectivity index (χ3n) is 5.66. The highest BCUT2D eigenvalue weighted by atomic mass is 16.2. The van der Waals surface area contributed by atoms with E-state index in [9.17, 15) is 9.59 Å². The second-order valence-corrected chi connectivity index (χ2v) is 7.30. The summed E-state index contributed by atoms with van der Waals surface area (Å²) in [6, 6.07) is -0.489. The number of rotatable bonds is 5. The lowest BCUT2D eigenvalue weighted by Crippen LogP contribution is -2.66. The lowest BCUT2D eigenvalue weighted by molar-refractivity contribution is -0.152. The van der Waals surface area contributed by atoms with Crippen molar-refractivity contribution in [3.05, 3.63) is 0 Å². The predicted molar refractivity (Wildman–Crippen MR) is 81.6 cm³/mol. The van der Waals surface area contributed by atoms with Crippen LogP contribution in [0.15, 0.2) is 0 Å². The quantitative estimate of drug-likeness (QED) is 0.845. The summed E-state index contributed by atoms with van der Waals surface area (Å²) in [6.07, 6.45) is 8.09. The third kappa shape index (κ3) is 2.95. The highest BCUT2D eigenvalue weighted by Gasteiger charge is 2.48. The first-order chi connectivity index (χ1) is 10.1. The van der Waals surface area contributed by atoms with Crippen LogP contribution in [0.25, 0.3) is 0 Å². The van der Waals surface area contributed by atoms with Crippen molar-refractivity contribution in [2.75, 3.05) is 6.54 Å². The number of nitrogens with zero attached hydrogens (tertiary/aromatic N) is 1. The highest BCUT2D eigenvalue weighted by Crippen LogP contribution is 2.37. The lowest BCUT2D eigenvalue weighted by Gasteiger charge is -2.42. The van der Waals surface area contributed by atoms with E-state index in [-0.39, 0.29) is 29.8 Å². The van der Waals surface area contributed by atoms with Gasteiger partial charge in [-0.05, 0) is 43.4 Å². The number of carbonyl (C=O) groups excluding carboxylic acids is 2. The molecule has 3 fully saturated rings. The van der Waals surface area contributed by atoms with Gasteiger partial charge in [0.25, 0.3) is 0 Å². The summed E-state index contributed by atoms with van der Waals surface area (Å²) in [4.78, 5) is 27.4. The summed E-state index contributed by atoms with van der Waals surface area (Å²) in [5.41, 5.74) is 0. The van der Waals surface area contributed by atoms with Gasteiger partial charge < -0.3 is 10.2 Å². The van der Waals surface area contributed by atoms with E-state index in [1.165, 1.54) is 25.7 Å². The second kappa shape index (κ2) is 5.98. The van der Waals surface area contributed by atoms with E-state index < -0.39 is 0 Å². The number of nitrogens with one attached hydrogen (secondary N) is 1. The first-order valence-electron chi connectivity index (χ1n) is 8.72. The Bertz CT molecular complexity index is 413. The molecule has 2 saturated carbocycles. The van der Waals surface area contributed by atoms with Crippen LogP contribution >= 0.6 is 0 Å². The van der Waals surface area contributed by atoms with Crippen LogP contribution in [-0.4, -0.2) is 35.3 Å². The Morgan fingerprint density at radius 1 is 1.19 bits per heavy atom. The summed E-state index contributed by atoms with van der Waals surface area (Å²) in [7, 11) is 0. The Morgan fingerprint density at radius 3 is 2.43 bits per heavy atom. The number of hydrogen-bond acceptors (Lipinski definition) is 2. The molecule has 1 N–H and O–H groups in total. The molecule has 3 unspecified atom stereocenters. The Hall–Kier alpha value is -1.06. The van der Waals surface area contributed by atoms with Gasteiger partial charge in [0.15, 0.2) is 0 Å². The largest absolute Gasteiger partial charge is 0.342 e. The summed E-state index contributed by atoms with van der Waals surface area (Å²) in [5.74, 6) is 1.50. The van der Waals surface area contributed by atoms with Crippen molar-refractivity contribution in [1.29, 1.82) is 0 Å². The van der Waals surface area contributed by atoms with Crippen LogP contribution in [0.5, 0.6) is 0 Å². The molecule has 118 valence electrons. The van der Waals surface area contributed by atoms with Crippen LogP contribution in [0.4, 0.5) is 0 Å². The smallest absolute Gasteiger partial charge is 0.246 e. The fraction of sp³-hybridized carbons (Fsp3) is 0.882. The summed E-state index contributed by atoms with van der Waals surface area (Å²) >= 11 is 0. The molecule has 2 amide bonds. The number of carbonyl (C=O) groups is 2. The SMILES string of the molecule is CCC(C)C1C(=O)NC(C2CC2)C(=O)N1CC1CCCC1. The van der Waals surface area contributed by atoms with Gasteiger partial charge in [-0.25, -0.2) is 0 Å². The van der Waals surface area contributed by atoms with Crippen molar-refractivity contribution in [2.24, 2.45) is 17.8 Å². The molecule has 4 nitrogen and oxygen atoms in total. The molecule has 0 aromatic rings. The van der Waals surface area contributed by atoms with Crippen LogP contribution < -0.4 is 5.32 Å². The van der Waals surface area contributed by atoms with Crippen molar-refractivity contribution in [1.82, 2.24) is 10.2 Å². The average Bonchev–Trinajstić information content (AvgIpc) is 3.19. The Labute approximate surface area is 127 Å². The molecule has 0 spiro atoms. The van der Waals surface area contributed by atoms with E-state index in [2.05, 4.69) is 19.2 Å². The number of piperazine rings is 1. The first-order valence-corrected chi connectivity index (χ1v) is 8.72. The second-order valence-electron chi connectivity index (χ2n) is 7.30. The topological polar surface area (TPSA) is 49.4 Å². The van der Waals surface area contributed by atoms with Crippen molar-refractivity contribution >= 4 is 11.8 Å². The Morgan fingerprint density at radius 2 is 1.86 bits per heavy atom. The zero-order valence-corrected chi connectivity index (χ0v) is 13.3. The molecule has 21 heavy (non-hydrogen) atoms. The molecule has 0 bridgehead atoms. The minimum atomic E-state index is -0.252. The van der Waals surface area contributed by atoms with E-state index in [0.29, 0.717) is 11.8 Å². The summed E-state index contributed by atoms with van der Waals surface area (Å²) in [6.45, 7) is 4.99. The molecule has 2 aliphatic carbocycles. The van der Waals surface area contributed by atoms with Gasteiger partial charge in [0.1, 0.15) is 12.1 Å². The molecular formula is C17H28N2O2. The highest BCUT2D eigenvalue weighted by molar-refractivity contribution is 5.97. The predicted octanol–water partition coefficient (Wildman–Crippen LogP) is 2.33. The summed E-state index contributed by atoms with van der Waals surface area (Å²) < 4.78 is 0. The van der Waals surface area contributed by atoms with Crippen molar-refractivity contribution < 1.29 is 9.59 Å². The van der Waals surface area contributed by atoms with Crippen LogP contribution in [-0.2, 0) is 9.59 Å². The maximum Gasteiger partial charge on any atom is 0.246 e. The molecule has 1 saturated heterocycles. The maximum atomic E-state index is 12.9. The fourth-order valence-corrected chi connectivity index (χ4v) is 3.97. The minimum Gasteiger partial charge on any atom is -0.342 e. The van der Waals surface area contributed by atoms with E-state index in [0.717, 1.165) is 25.8 Å². The van der Waals surface area contributed by atoms with Crippen molar-refractivity contribution in [2.45, 2.75) is 70.9 Å². The van der Waals surface area contributed by atoms with Crippen molar-refractivity contribution in [3.8, 4) is 0 Å². The average molecular weight is 292 g/mol. The molecular weight excluding hydrogens is 264 g/mol. The lowest BCUT2D eigenvalue weighted by atomic mass is 9.91. The standard InChI is InChI=1S/C17H28N2O2/c1-3-11(2)15-16(20)18-14(13-8-9-13)17(21)19(15)10-12-6-4-5-7-12/h11-15H,3-10H2,1-2H3,(H,18,20). The van der Waals surface area contributed by atoms with Crippen LogP contribution in [0.3, 0.4) is 0 Å². The van der Waals surface area contributed by atoms with Crippen LogP contribution in [0.2, 0.25) is 0 Å². The van der Waals surface area contributed by atoms with Crippen LogP contribution in [0, 0.1) is 17.8 Å². The van der Waals surface area contributed by atoms with E-state index >= 15 is 0 Å². The van der Waals surface area contributed by atoms with Crippen molar-refractivity contribution in [3.63, 3.8) is 0 Å². The molecule has 1 heterocycles. The van der Waals surface area contributed by atoms with Crippen LogP contribution in [0.1, 0.15) is 58.8 Å². The first kappa shape index (κ1) is 14.9. The Kier molecular flexibility index (Phi) is 4.23. The van der Waals surface area contributed by atoms with Gasteiger partial charge in [-0.3, -0.25) is 9.59 Å². The van der Waals surface area contributed by atoms with Gasteiger partial charge in [0.2, 0.25) is 11.8 Å². The number of amides is 2. The van der Waals surface area contributed by atoms with Gasteiger partial charge in [-0.15, -0.1) is 0 Å². The molecule has 0 radical (unpaired) electrons. The number of hydrogen-bond donors (Lipinski definition) is 1. The molecule has 3 aliphatic rings. The van der Waals surface area contributed by atoms with E-state index in [1.54, 1.807) is 0 Å². The zero-order chi connectivity index (χ0) is 15.0. The monoisotopic (exact) mass is 292 g/mol. The summed E-state index contributed by atoms with van der Waals surface area (Å²) in [5, 5.41) is 3.02. The maximum absolute atomic E-state index is 12.9. The zero-order valence-electron chi connectivity index (χ0n) is 13.3. The van der Waals surface area contributed by atoms with Gasteiger partial charge in [0.05, 0.1) is 0 Å². The van der Waals surface area contributed by atoms with Gasteiger partial charge >= 0.3 is 0 Å². The van der Waals surface area contributed by atoms with Gasteiger partial charge in [0, 0.05) is 6.54 Å². The van der Waals surface area contributed by atoms with Gasteiger partial charge in [-0.1, -0.05) is 33.1 Å². The molecule has 3 atom stereocenters. The Balaban J connectivity index is 1.79. The molecule has 3 rings (SSSR count). The third-order valence-corrected chi connectivity index (χ3v) is 5.66. The molecule has 0 aromatic carbocycles. The molecule has 0 aromatic heterocycles. The minimum absolute atomic E-state index is 0.0823. The van der Waals surface area contributed by atoms with E-state index in [4.69, 9.17) is 0 Å².